The molecule has 1 aromatic heterocycles. The fourth-order valence-corrected chi connectivity index (χ4v) is 2.55. The zero-order valence-corrected chi connectivity index (χ0v) is 10.1. The topological polar surface area (TPSA) is 62.8 Å². The highest BCUT2D eigenvalue weighted by Gasteiger charge is 2.21. The monoisotopic (exact) mass is 312 g/mol. The average Bonchev–Trinajstić information content (AvgIpc) is 2.55. The van der Waals surface area contributed by atoms with Gasteiger partial charge >= 0.3 is 0 Å². The highest BCUT2D eigenvalue weighted by molar-refractivity contribution is 9.10. The highest BCUT2D eigenvalue weighted by Crippen LogP contribution is 2.30. The van der Waals surface area contributed by atoms with Crippen LogP contribution in [0.25, 0.3) is 10.9 Å². The van der Waals surface area contributed by atoms with E-state index in [-0.39, 0.29) is 10.9 Å². The van der Waals surface area contributed by atoms with E-state index in [9.17, 15) is 12.8 Å². The molecule has 1 aromatic carbocycles. The third-order valence-corrected chi connectivity index (χ3v) is 3.70. The first kappa shape index (κ1) is 10.8. The summed E-state index contributed by atoms with van der Waals surface area (Å²) < 4.78 is 36.0. The summed E-state index contributed by atoms with van der Waals surface area (Å²) in [6.45, 7) is 0. The van der Waals surface area contributed by atoms with Crippen molar-refractivity contribution in [2.45, 2.75) is 5.03 Å². The molecule has 2 rings (SSSR count). The fourth-order valence-electron chi connectivity index (χ4n) is 1.21. The Morgan fingerprint density at radius 3 is 2.73 bits per heavy atom. The summed E-state index contributed by atoms with van der Waals surface area (Å²) in [7, 11) is 1.09. The normalized spacial score (nSPS) is 12.2. The number of hydrogen-bond donors (Lipinski definition) is 1. The first-order valence-corrected chi connectivity index (χ1v) is 6.78. The molecule has 0 aliphatic rings. The van der Waals surface area contributed by atoms with Gasteiger partial charge in [0.1, 0.15) is 11.3 Å². The molecule has 0 atom stereocenters. The van der Waals surface area contributed by atoms with Crippen LogP contribution in [0.15, 0.2) is 21.6 Å². The van der Waals surface area contributed by atoms with Crippen LogP contribution in [-0.4, -0.2) is 18.6 Å². The molecule has 0 bridgehead atoms. The number of H-pyrrole nitrogens is 1. The van der Waals surface area contributed by atoms with Crippen molar-refractivity contribution in [3.05, 3.63) is 22.4 Å². The van der Waals surface area contributed by atoms with Crippen molar-refractivity contribution in [3.63, 3.8) is 0 Å². The van der Waals surface area contributed by atoms with Gasteiger partial charge in [-0.1, -0.05) is 0 Å². The van der Waals surface area contributed by atoms with Crippen molar-refractivity contribution in [2.24, 2.45) is 0 Å². The maximum atomic E-state index is 13.4. The molecule has 8 heteroatoms. The predicted molar refractivity (Wildman–Crippen MR) is 56.8 cm³/mol. The van der Waals surface area contributed by atoms with Crippen LogP contribution in [-0.2, 0) is 9.05 Å². The molecule has 0 saturated heterocycles. The Hall–Kier alpha value is -0.660. The number of aromatic amines is 1. The summed E-state index contributed by atoms with van der Waals surface area (Å²) in [5.41, 5.74) is 0.189. The van der Waals surface area contributed by atoms with Crippen molar-refractivity contribution in [3.8, 4) is 0 Å². The standard InChI is InChI=1S/C7H3BrClFN2O2S/c8-3-1-2-4(10)5-6(3)11-12-7(5)15(9,13)14/h1-2H,(H,11,12). The molecule has 0 aliphatic carbocycles. The molecule has 0 saturated carbocycles. The van der Waals surface area contributed by atoms with Gasteiger partial charge in [0, 0.05) is 15.2 Å². The summed E-state index contributed by atoms with van der Waals surface area (Å²) in [6.07, 6.45) is 0. The van der Waals surface area contributed by atoms with Crippen LogP contribution in [0.2, 0.25) is 0 Å². The lowest BCUT2D eigenvalue weighted by Crippen LogP contribution is -1.92. The Bertz CT molecular complexity index is 640. The second-order valence-electron chi connectivity index (χ2n) is 2.74. The average molecular weight is 314 g/mol. The molecule has 0 aliphatic heterocycles. The summed E-state index contributed by atoms with van der Waals surface area (Å²) in [6, 6.07) is 2.57. The van der Waals surface area contributed by atoms with Gasteiger partial charge in [-0.3, -0.25) is 5.10 Å². The minimum absolute atomic E-state index is 0.139. The second kappa shape index (κ2) is 3.43. The van der Waals surface area contributed by atoms with Gasteiger partial charge in [0.25, 0.3) is 9.05 Å². The first-order valence-electron chi connectivity index (χ1n) is 3.68. The lowest BCUT2D eigenvalue weighted by atomic mass is 10.2. The summed E-state index contributed by atoms with van der Waals surface area (Å²) in [5, 5.41) is 5.29. The van der Waals surface area contributed by atoms with Crippen molar-refractivity contribution in [1.82, 2.24) is 10.2 Å². The molecule has 15 heavy (non-hydrogen) atoms. The zero-order chi connectivity index (χ0) is 11.2. The van der Waals surface area contributed by atoms with Crippen molar-refractivity contribution < 1.29 is 12.8 Å². The Labute approximate surface area is 97.0 Å². The lowest BCUT2D eigenvalue weighted by Gasteiger charge is -1.95. The van der Waals surface area contributed by atoms with E-state index >= 15 is 0 Å². The van der Waals surface area contributed by atoms with Crippen LogP contribution in [0, 0.1) is 5.82 Å². The van der Waals surface area contributed by atoms with Crippen LogP contribution in [0.3, 0.4) is 0 Å². The van der Waals surface area contributed by atoms with Crippen molar-refractivity contribution in [2.75, 3.05) is 0 Å². The third-order valence-electron chi connectivity index (χ3n) is 1.82. The van der Waals surface area contributed by atoms with Gasteiger partial charge in [-0.05, 0) is 28.1 Å². The number of aromatic nitrogens is 2. The number of fused-ring (bicyclic) bond motifs is 1. The Morgan fingerprint density at radius 1 is 1.47 bits per heavy atom. The number of nitrogens with zero attached hydrogens (tertiary/aromatic N) is 1. The van der Waals surface area contributed by atoms with E-state index in [2.05, 4.69) is 26.1 Å². The number of nitrogens with one attached hydrogen (secondary N) is 1. The maximum absolute atomic E-state index is 13.4. The van der Waals surface area contributed by atoms with Crippen LogP contribution in [0.4, 0.5) is 4.39 Å². The Morgan fingerprint density at radius 2 is 2.13 bits per heavy atom. The van der Waals surface area contributed by atoms with E-state index in [0.717, 1.165) is 6.07 Å². The maximum Gasteiger partial charge on any atom is 0.278 e. The SMILES string of the molecule is O=S(=O)(Cl)c1[nH]nc2c(Br)ccc(F)c12. The molecule has 0 unspecified atom stereocenters. The summed E-state index contributed by atoms with van der Waals surface area (Å²) in [5.74, 6) is -0.693. The number of benzene rings is 1. The van der Waals surface area contributed by atoms with E-state index in [0.29, 0.717) is 4.47 Å². The minimum atomic E-state index is -4.03. The second-order valence-corrected chi connectivity index (χ2v) is 6.10. The molecule has 0 spiro atoms. The largest absolute Gasteiger partial charge is 0.278 e. The van der Waals surface area contributed by atoms with Gasteiger partial charge in [0.2, 0.25) is 0 Å². The third kappa shape index (κ3) is 1.75. The van der Waals surface area contributed by atoms with Crippen molar-refractivity contribution >= 4 is 46.6 Å². The van der Waals surface area contributed by atoms with Gasteiger partial charge in [-0.25, -0.2) is 12.8 Å². The number of halogens is 3. The van der Waals surface area contributed by atoms with Gasteiger partial charge in [-0.15, -0.1) is 0 Å². The molecule has 4 nitrogen and oxygen atoms in total. The van der Waals surface area contributed by atoms with Crippen LogP contribution in [0.1, 0.15) is 0 Å². The quantitative estimate of drug-likeness (QED) is 0.822. The van der Waals surface area contributed by atoms with Gasteiger partial charge in [0.15, 0.2) is 5.03 Å². The van der Waals surface area contributed by atoms with Crippen LogP contribution >= 0.6 is 26.6 Å². The molecule has 80 valence electrons. The molecule has 0 amide bonds. The van der Waals surface area contributed by atoms with E-state index in [1.807, 2.05) is 0 Å². The van der Waals surface area contributed by atoms with Gasteiger partial charge in [-0.2, -0.15) is 5.10 Å². The minimum Gasteiger partial charge on any atom is -0.265 e. The van der Waals surface area contributed by atoms with Gasteiger partial charge < -0.3 is 0 Å². The molecular formula is C7H3BrClFN2O2S. The molecule has 1 heterocycles. The van der Waals surface area contributed by atoms with E-state index < -0.39 is 19.9 Å². The fraction of sp³-hybridized carbons (Fsp3) is 0. The molecular weight excluding hydrogens is 311 g/mol. The molecule has 0 radical (unpaired) electrons. The Kier molecular flexibility index (Phi) is 2.48. The van der Waals surface area contributed by atoms with E-state index in [4.69, 9.17) is 10.7 Å². The Balaban J connectivity index is 2.98. The van der Waals surface area contributed by atoms with Gasteiger partial charge in [0.05, 0.1) is 5.39 Å². The number of rotatable bonds is 1. The van der Waals surface area contributed by atoms with Crippen LogP contribution in [0.5, 0.6) is 0 Å². The van der Waals surface area contributed by atoms with Crippen molar-refractivity contribution in [1.29, 1.82) is 0 Å². The summed E-state index contributed by atoms with van der Waals surface area (Å²) >= 11 is 3.12. The van der Waals surface area contributed by atoms with E-state index in [1.165, 1.54) is 6.07 Å². The number of hydrogen-bond acceptors (Lipinski definition) is 3. The smallest absolute Gasteiger partial charge is 0.265 e. The highest BCUT2D eigenvalue weighted by atomic mass is 79.9. The molecule has 0 fully saturated rings. The molecule has 2 aromatic rings. The molecule has 1 N–H and O–H groups in total. The zero-order valence-electron chi connectivity index (χ0n) is 6.96. The lowest BCUT2D eigenvalue weighted by molar-refractivity contribution is 0.604. The van der Waals surface area contributed by atoms with E-state index in [1.54, 1.807) is 0 Å². The summed E-state index contributed by atoms with van der Waals surface area (Å²) in [4.78, 5) is 0. The predicted octanol–water partition coefficient (Wildman–Crippen LogP) is 2.39. The van der Waals surface area contributed by atoms with Crippen LogP contribution < -0.4 is 0 Å². The first-order chi connectivity index (χ1) is 6.91.